The third kappa shape index (κ3) is 2.65. The molecule has 0 radical (unpaired) electrons. The SMILES string of the molecule is Cc1ccc(Br)cc1C(N)C1CCCOC1. The molecule has 2 rings (SSSR count). The molecule has 2 unspecified atom stereocenters. The van der Waals surface area contributed by atoms with E-state index in [9.17, 15) is 0 Å². The van der Waals surface area contributed by atoms with Crippen LogP contribution in [0, 0.1) is 12.8 Å². The normalized spacial score (nSPS) is 23.1. The molecule has 3 heteroatoms. The zero-order chi connectivity index (χ0) is 11.5. The van der Waals surface area contributed by atoms with E-state index < -0.39 is 0 Å². The van der Waals surface area contributed by atoms with Gasteiger partial charge < -0.3 is 10.5 Å². The van der Waals surface area contributed by atoms with Crippen molar-refractivity contribution in [2.75, 3.05) is 13.2 Å². The Morgan fingerprint density at radius 3 is 3.00 bits per heavy atom. The third-order valence-corrected chi connectivity index (χ3v) is 3.80. The van der Waals surface area contributed by atoms with E-state index in [0.29, 0.717) is 5.92 Å². The molecule has 0 saturated carbocycles. The predicted octanol–water partition coefficient (Wildman–Crippen LogP) is 3.18. The number of hydrogen-bond acceptors (Lipinski definition) is 2. The first kappa shape index (κ1) is 12.1. The average Bonchev–Trinajstić information content (AvgIpc) is 2.32. The van der Waals surface area contributed by atoms with Crippen LogP contribution in [0.1, 0.15) is 30.0 Å². The summed E-state index contributed by atoms with van der Waals surface area (Å²) in [5, 5.41) is 0. The highest BCUT2D eigenvalue weighted by Gasteiger charge is 2.23. The molecule has 16 heavy (non-hydrogen) atoms. The lowest BCUT2D eigenvalue weighted by molar-refractivity contribution is 0.0447. The molecule has 1 aliphatic rings. The molecule has 1 fully saturated rings. The molecule has 1 heterocycles. The summed E-state index contributed by atoms with van der Waals surface area (Å²) in [4.78, 5) is 0. The Morgan fingerprint density at radius 2 is 2.31 bits per heavy atom. The lowest BCUT2D eigenvalue weighted by Gasteiger charge is -2.28. The zero-order valence-corrected chi connectivity index (χ0v) is 11.2. The molecule has 0 bridgehead atoms. The molecule has 88 valence electrons. The molecule has 1 aromatic rings. The second-order valence-corrected chi connectivity index (χ2v) is 5.42. The molecule has 2 nitrogen and oxygen atoms in total. The van der Waals surface area contributed by atoms with E-state index in [-0.39, 0.29) is 6.04 Å². The van der Waals surface area contributed by atoms with Crippen LogP contribution in [-0.2, 0) is 4.74 Å². The highest BCUT2D eigenvalue weighted by Crippen LogP contribution is 2.30. The minimum Gasteiger partial charge on any atom is -0.381 e. The summed E-state index contributed by atoms with van der Waals surface area (Å²) in [5.74, 6) is 0.460. The van der Waals surface area contributed by atoms with E-state index in [0.717, 1.165) is 24.1 Å². The first-order valence-corrected chi connectivity index (χ1v) is 6.57. The Morgan fingerprint density at radius 1 is 1.50 bits per heavy atom. The van der Waals surface area contributed by atoms with E-state index in [4.69, 9.17) is 10.5 Å². The summed E-state index contributed by atoms with van der Waals surface area (Å²) in [6.45, 7) is 3.80. The number of hydrogen-bond donors (Lipinski definition) is 1. The molecular weight excluding hydrogens is 266 g/mol. The number of rotatable bonds is 2. The monoisotopic (exact) mass is 283 g/mol. The Hall–Kier alpha value is -0.380. The average molecular weight is 284 g/mol. The van der Waals surface area contributed by atoms with Gasteiger partial charge in [0.15, 0.2) is 0 Å². The van der Waals surface area contributed by atoms with Crippen molar-refractivity contribution in [1.82, 2.24) is 0 Å². The van der Waals surface area contributed by atoms with Gasteiger partial charge in [-0.05, 0) is 43.0 Å². The van der Waals surface area contributed by atoms with Gasteiger partial charge in [0.1, 0.15) is 0 Å². The van der Waals surface area contributed by atoms with Gasteiger partial charge in [0.2, 0.25) is 0 Å². The molecule has 1 aliphatic heterocycles. The minimum absolute atomic E-state index is 0.0952. The Kier molecular flexibility index (Phi) is 4.00. The zero-order valence-electron chi connectivity index (χ0n) is 9.58. The second kappa shape index (κ2) is 5.30. The summed E-state index contributed by atoms with van der Waals surface area (Å²) in [6, 6.07) is 6.40. The molecule has 1 saturated heterocycles. The van der Waals surface area contributed by atoms with Crippen molar-refractivity contribution in [3.05, 3.63) is 33.8 Å². The van der Waals surface area contributed by atoms with E-state index >= 15 is 0 Å². The maximum Gasteiger partial charge on any atom is 0.0512 e. The van der Waals surface area contributed by atoms with Crippen LogP contribution < -0.4 is 5.73 Å². The summed E-state index contributed by atoms with van der Waals surface area (Å²) < 4.78 is 6.60. The number of aryl methyl sites for hydroxylation is 1. The van der Waals surface area contributed by atoms with Gasteiger partial charge in [-0.2, -0.15) is 0 Å². The van der Waals surface area contributed by atoms with Crippen LogP contribution in [-0.4, -0.2) is 13.2 Å². The molecular formula is C13H18BrNO. The van der Waals surface area contributed by atoms with Crippen LogP contribution >= 0.6 is 15.9 Å². The van der Waals surface area contributed by atoms with Crippen molar-refractivity contribution >= 4 is 15.9 Å². The lowest BCUT2D eigenvalue weighted by Crippen LogP contribution is -2.29. The predicted molar refractivity (Wildman–Crippen MR) is 69.4 cm³/mol. The summed E-state index contributed by atoms with van der Waals surface area (Å²) in [6.07, 6.45) is 2.30. The maximum absolute atomic E-state index is 6.34. The molecule has 1 aromatic carbocycles. The lowest BCUT2D eigenvalue weighted by atomic mass is 9.87. The fraction of sp³-hybridized carbons (Fsp3) is 0.538. The van der Waals surface area contributed by atoms with Crippen molar-refractivity contribution in [2.45, 2.75) is 25.8 Å². The van der Waals surface area contributed by atoms with E-state index in [1.807, 2.05) is 0 Å². The van der Waals surface area contributed by atoms with Crippen LogP contribution in [0.4, 0.5) is 0 Å². The number of benzene rings is 1. The second-order valence-electron chi connectivity index (χ2n) is 4.50. The van der Waals surface area contributed by atoms with Crippen LogP contribution in [0.5, 0.6) is 0 Å². The Labute approximate surface area is 105 Å². The third-order valence-electron chi connectivity index (χ3n) is 3.30. The largest absolute Gasteiger partial charge is 0.381 e. The van der Waals surface area contributed by atoms with Crippen LogP contribution in [0.15, 0.2) is 22.7 Å². The first-order chi connectivity index (χ1) is 7.68. The summed E-state index contributed by atoms with van der Waals surface area (Å²) >= 11 is 3.50. The van der Waals surface area contributed by atoms with E-state index in [1.165, 1.54) is 17.5 Å². The number of ether oxygens (including phenoxy) is 1. The fourth-order valence-electron chi connectivity index (χ4n) is 2.27. The smallest absolute Gasteiger partial charge is 0.0512 e. The summed E-state index contributed by atoms with van der Waals surface area (Å²) in [5.41, 5.74) is 8.84. The van der Waals surface area contributed by atoms with E-state index in [1.54, 1.807) is 0 Å². The van der Waals surface area contributed by atoms with Crippen molar-refractivity contribution in [2.24, 2.45) is 11.7 Å². The van der Waals surface area contributed by atoms with Gasteiger partial charge in [-0.15, -0.1) is 0 Å². The number of halogens is 1. The first-order valence-electron chi connectivity index (χ1n) is 5.78. The van der Waals surface area contributed by atoms with Gasteiger partial charge in [-0.25, -0.2) is 0 Å². The van der Waals surface area contributed by atoms with Crippen LogP contribution in [0.3, 0.4) is 0 Å². The number of nitrogens with two attached hydrogens (primary N) is 1. The van der Waals surface area contributed by atoms with Crippen molar-refractivity contribution in [1.29, 1.82) is 0 Å². The van der Waals surface area contributed by atoms with Gasteiger partial charge >= 0.3 is 0 Å². The van der Waals surface area contributed by atoms with Gasteiger partial charge in [0.05, 0.1) is 6.61 Å². The standard InChI is InChI=1S/C13H18BrNO/c1-9-4-5-11(14)7-12(9)13(15)10-3-2-6-16-8-10/h4-5,7,10,13H,2-3,6,8,15H2,1H3. The van der Waals surface area contributed by atoms with Crippen LogP contribution in [0.25, 0.3) is 0 Å². The van der Waals surface area contributed by atoms with E-state index in [2.05, 4.69) is 41.1 Å². The molecule has 0 aromatic heterocycles. The summed E-state index contributed by atoms with van der Waals surface area (Å²) in [7, 11) is 0. The van der Waals surface area contributed by atoms with Gasteiger partial charge in [-0.3, -0.25) is 0 Å². The molecule has 0 spiro atoms. The van der Waals surface area contributed by atoms with Crippen molar-refractivity contribution < 1.29 is 4.74 Å². The topological polar surface area (TPSA) is 35.2 Å². The highest BCUT2D eigenvalue weighted by atomic mass is 79.9. The fourth-order valence-corrected chi connectivity index (χ4v) is 2.65. The van der Waals surface area contributed by atoms with Gasteiger partial charge in [0.25, 0.3) is 0 Å². The van der Waals surface area contributed by atoms with Gasteiger partial charge in [0, 0.05) is 23.0 Å². The maximum atomic E-state index is 6.34. The molecule has 2 N–H and O–H groups in total. The molecule has 0 aliphatic carbocycles. The molecule has 2 atom stereocenters. The Balaban J connectivity index is 2.18. The molecule has 0 amide bonds. The quantitative estimate of drug-likeness (QED) is 0.905. The minimum atomic E-state index is 0.0952. The van der Waals surface area contributed by atoms with Crippen LogP contribution in [0.2, 0.25) is 0 Å². The van der Waals surface area contributed by atoms with Crippen molar-refractivity contribution in [3.8, 4) is 0 Å². The van der Waals surface area contributed by atoms with Gasteiger partial charge in [-0.1, -0.05) is 22.0 Å². The van der Waals surface area contributed by atoms with Crippen molar-refractivity contribution in [3.63, 3.8) is 0 Å². The highest BCUT2D eigenvalue weighted by molar-refractivity contribution is 9.10. The Bertz CT molecular complexity index is 361.